The molecule has 2 heterocycles. The van der Waals surface area contributed by atoms with E-state index >= 15 is 0 Å². The Kier molecular flexibility index (Phi) is 6.16. The smallest absolute Gasteiger partial charge is 0.295 e. The topological polar surface area (TPSA) is 120 Å². The summed E-state index contributed by atoms with van der Waals surface area (Å²) in [5.41, 5.74) is 6.10. The number of nitrogens with zero attached hydrogens (tertiary/aromatic N) is 7. The van der Waals surface area contributed by atoms with Gasteiger partial charge in [-0.05, 0) is 73.0 Å². The molecule has 2 N–H and O–H groups in total. The van der Waals surface area contributed by atoms with Gasteiger partial charge in [0.2, 0.25) is 5.95 Å². The van der Waals surface area contributed by atoms with Crippen molar-refractivity contribution in [2.24, 2.45) is 0 Å². The molecule has 2 aromatic heterocycles. The van der Waals surface area contributed by atoms with E-state index in [4.69, 9.17) is 17.1 Å². The van der Waals surface area contributed by atoms with Crippen molar-refractivity contribution in [2.75, 3.05) is 10.6 Å². The first kappa shape index (κ1) is 22.0. The molecule has 0 aliphatic carbocycles. The fourth-order valence-corrected chi connectivity index (χ4v) is 3.57. The number of aromatic nitrogens is 4. The van der Waals surface area contributed by atoms with Gasteiger partial charge in [0.25, 0.3) is 6.67 Å². The Morgan fingerprint density at radius 2 is 1.82 bits per heavy atom. The van der Waals surface area contributed by atoms with Crippen LogP contribution in [0.25, 0.3) is 22.1 Å². The maximum atomic E-state index is 9.02. The molecule has 2 aromatic carbocycles. The number of nitriles is 2. The summed E-state index contributed by atoms with van der Waals surface area (Å²) in [6.07, 6.45) is 4.78. The summed E-state index contributed by atoms with van der Waals surface area (Å²) in [7, 11) is 0. The van der Waals surface area contributed by atoms with Gasteiger partial charge in [0.1, 0.15) is 6.33 Å². The normalized spacial score (nSPS) is 10.6. The highest BCUT2D eigenvalue weighted by atomic mass is 15.2. The van der Waals surface area contributed by atoms with Crippen molar-refractivity contribution in [2.45, 2.75) is 20.5 Å². The van der Waals surface area contributed by atoms with Crippen LogP contribution in [0.15, 0.2) is 48.8 Å². The summed E-state index contributed by atoms with van der Waals surface area (Å²) in [5, 5.41) is 24.4. The maximum Gasteiger partial charge on any atom is 0.295 e. The molecule has 0 radical (unpaired) electrons. The van der Waals surface area contributed by atoms with Crippen LogP contribution in [0.4, 0.5) is 23.1 Å². The summed E-state index contributed by atoms with van der Waals surface area (Å²) in [6.45, 7) is 11.3. The summed E-state index contributed by atoms with van der Waals surface area (Å²) in [5.74, 6) is 0.826. The van der Waals surface area contributed by atoms with Crippen LogP contribution in [0.3, 0.4) is 0 Å². The Bertz CT molecular complexity index is 1500. The third kappa shape index (κ3) is 4.52. The average Bonchev–Trinajstić information content (AvgIpc) is 3.23. The Morgan fingerprint density at radius 3 is 2.47 bits per heavy atom. The molecule has 0 fully saturated rings. The molecular formula is C25H19N9. The number of aryl methyl sites for hydroxylation is 2. The Balaban J connectivity index is 1.77. The fraction of sp³-hybridized carbons (Fsp3) is 0.120. The van der Waals surface area contributed by atoms with E-state index < -0.39 is 0 Å². The number of fused-ring (bicyclic) bond motifs is 1. The molecule has 0 aliphatic rings. The zero-order valence-electron chi connectivity index (χ0n) is 18.5. The fourth-order valence-electron chi connectivity index (χ4n) is 3.57. The highest BCUT2D eigenvalue weighted by Gasteiger charge is 2.16. The minimum absolute atomic E-state index is 0.0846. The van der Waals surface area contributed by atoms with Crippen LogP contribution in [0.5, 0.6) is 0 Å². The maximum absolute atomic E-state index is 9.02. The van der Waals surface area contributed by atoms with Crippen LogP contribution in [-0.2, 0) is 6.67 Å². The van der Waals surface area contributed by atoms with Crippen molar-refractivity contribution in [3.63, 3.8) is 0 Å². The molecule has 9 nitrogen and oxygen atoms in total. The van der Waals surface area contributed by atoms with Gasteiger partial charge in [0.15, 0.2) is 17.0 Å². The quantitative estimate of drug-likeness (QED) is 0.308. The van der Waals surface area contributed by atoms with Gasteiger partial charge in [-0.3, -0.25) is 4.85 Å². The molecule has 9 heteroatoms. The molecule has 4 rings (SSSR count). The zero-order valence-corrected chi connectivity index (χ0v) is 18.5. The molecule has 0 amide bonds. The lowest BCUT2D eigenvalue weighted by molar-refractivity contribution is 0.833. The molecule has 0 atom stereocenters. The van der Waals surface area contributed by atoms with Crippen molar-refractivity contribution in [1.29, 1.82) is 10.5 Å². The van der Waals surface area contributed by atoms with Crippen LogP contribution in [-0.4, -0.2) is 19.5 Å². The molecule has 0 aliphatic heterocycles. The number of benzene rings is 2. The second-order valence-corrected chi connectivity index (χ2v) is 7.51. The number of hydrogen-bond acceptors (Lipinski definition) is 7. The zero-order chi connectivity index (χ0) is 24.1. The minimum atomic E-state index is 0.0846. The van der Waals surface area contributed by atoms with Crippen molar-refractivity contribution >= 4 is 40.4 Å². The van der Waals surface area contributed by atoms with E-state index in [1.807, 2.05) is 32.0 Å². The van der Waals surface area contributed by atoms with E-state index in [0.717, 1.165) is 28.1 Å². The van der Waals surface area contributed by atoms with Crippen LogP contribution >= 0.6 is 0 Å². The van der Waals surface area contributed by atoms with Crippen molar-refractivity contribution in [3.05, 3.63) is 82.5 Å². The highest BCUT2D eigenvalue weighted by Crippen LogP contribution is 2.30. The number of nitrogens with one attached hydrogen (secondary N) is 2. The molecule has 0 saturated carbocycles. The molecule has 0 unspecified atom stereocenters. The first-order valence-corrected chi connectivity index (χ1v) is 10.3. The highest BCUT2D eigenvalue weighted by molar-refractivity contribution is 5.88. The predicted molar refractivity (Wildman–Crippen MR) is 130 cm³/mol. The first-order valence-electron chi connectivity index (χ1n) is 10.3. The lowest BCUT2D eigenvalue weighted by atomic mass is 10.0. The summed E-state index contributed by atoms with van der Waals surface area (Å²) >= 11 is 0. The number of imidazole rings is 1. The van der Waals surface area contributed by atoms with Crippen LogP contribution < -0.4 is 10.6 Å². The third-order valence-electron chi connectivity index (χ3n) is 5.11. The lowest BCUT2D eigenvalue weighted by Gasteiger charge is -2.15. The molecule has 0 spiro atoms. The van der Waals surface area contributed by atoms with Crippen molar-refractivity contribution in [3.8, 4) is 12.1 Å². The largest absolute Gasteiger partial charge is 0.338 e. The number of hydrogen-bond donors (Lipinski definition) is 2. The third-order valence-corrected chi connectivity index (χ3v) is 5.11. The molecule has 34 heavy (non-hydrogen) atoms. The monoisotopic (exact) mass is 445 g/mol. The number of rotatable bonds is 6. The van der Waals surface area contributed by atoms with Crippen molar-refractivity contribution in [1.82, 2.24) is 19.5 Å². The number of anilines is 4. The van der Waals surface area contributed by atoms with E-state index in [1.165, 1.54) is 6.08 Å². The van der Waals surface area contributed by atoms with E-state index in [9.17, 15) is 0 Å². The van der Waals surface area contributed by atoms with Crippen LogP contribution in [0.1, 0.15) is 22.3 Å². The van der Waals surface area contributed by atoms with Gasteiger partial charge >= 0.3 is 0 Å². The molecule has 0 saturated heterocycles. The van der Waals surface area contributed by atoms with E-state index in [1.54, 1.807) is 41.2 Å². The molecular weight excluding hydrogens is 426 g/mol. The lowest BCUT2D eigenvalue weighted by Crippen LogP contribution is -2.05. The van der Waals surface area contributed by atoms with Gasteiger partial charge in [-0.15, -0.1) is 0 Å². The van der Waals surface area contributed by atoms with Gasteiger partial charge < -0.3 is 10.6 Å². The Hall–Kier alpha value is -5.20. The first-order chi connectivity index (χ1) is 16.5. The van der Waals surface area contributed by atoms with Gasteiger partial charge in [-0.1, -0.05) is 0 Å². The standard InChI is InChI=1S/C25H19N9/c1-16-11-19(5-4-10-26)12-17(2)21(16)31-23-22-24(34(14-28-3)15-29-22)33-25(32-23)30-20-8-6-18(13-27)7-9-20/h4-9,11-12,15H,14H2,1-2H3,(H2,30,31,32,33)/b5-4+. The van der Waals surface area contributed by atoms with Gasteiger partial charge in [-0.25, -0.2) is 16.1 Å². The summed E-state index contributed by atoms with van der Waals surface area (Å²) < 4.78 is 1.66. The van der Waals surface area contributed by atoms with Crippen molar-refractivity contribution < 1.29 is 0 Å². The molecule has 4 aromatic rings. The van der Waals surface area contributed by atoms with Gasteiger partial charge in [0.05, 0.1) is 17.7 Å². The molecule has 164 valence electrons. The predicted octanol–water partition coefficient (Wildman–Crippen LogP) is 5.22. The Labute approximate surface area is 196 Å². The number of allylic oxidation sites excluding steroid dienone is 1. The van der Waals surface area contributed by atoms with E-state index in [2.05, 4.69) is 36.5 Å². The second kappa shape index (κ2) is 9.52. The van der Waals surface area contributed by atoms with Crippen LogP contribution in [0, 0.1) is 43.1 Å². The summed E-state index contributed by atoms with van der Waals surface area (Å²) in [4.78, 5) is 17.1. The van der Waals surface area contributed by atoms with Crippen LogP contribution in [0.2, 0.25) is 0 Å². The van der Waals surface area contributed by atoms with Gasteiger partial charge in [-0.2, -0.15) is 20.5 Å². The Morgan fingerprint density at radius 1 is 1.09 bits per heavy atom. The second-order valence-electron chi connectivity index (χ2n) is 7.51. The van der Waals surface area contributed by atoms with Gasteiger partial charge in [0, 0.05) is 17.5 Å². The average molecular weight is 445 g/mol. The van der Waals surface area contributed by atoms with E-state index in [-0.39, 0.29) is 6.67 Å². The molecule has 0 bridgehead atoms. The SMILES string of the molecule is [C-]#[N+]Cn1cnc2c(Nc3c(C)cc(/C=C/C#N)cc3C)nc(Nc3ccc(C#N)cc3)nc21. The van der Waals surface area contributed by atoms with E-state index in [0.29, 0.717) is 28.5 Å². The summed E-state index contributed by atoms with van der Waals surface area (Å²) in [6, 6.07) is 15.0. The minimum Gasteiger partial charge on any atom is -0.338 e.